The smallest absolute Gasteiger partial charge is 0.160 e. The number of aliphatic imine (C=N–C) groups is 2. The summed E-state index contributed by atoms with van der Waals surface area (Å²) < 4.78 is 0. The molecule has 8 rings (SSSR count). The monoisotopic (exact) mass is 694 g/mol. The van der Waals surface area contributed by atoms with E-state index in [1.165, 1.54) is 5.56 Å². The highest BCUT2D eigenvalue weighted by atomic mass is 14.9. The molecule has 0 saturated heterocycles. The van der Waals surface area contributed by atoms with Crippen LogP contribution in [-0.2, 0) is 6.54 Å². The topological polar surface area (TPSA) is 50.5 Å². The lowest BCUT2D eigenvalue weighted by atomic mass is 9.99. The van der Waals surface area contributed by atoms with Crippen LogP contribution in [-0.4, -0.2) is 22.0 Å². The van der Waals surface area contributed by atoms with E-state index in [2.05, 4.69) is 133 Å². The minimum absolute atomic E-state index is 0.507. The fourth-order valence-corrected chi connectivity index (χ4v) is 6.47. The van der Waals surface area contributed by atoms with E-state index < -0.39 is 0 Å². The van der Waals surface area contributed by atoms with Gasteiger partial charge in [0.25, 0.3) is 0 Å². The molecule has 7 aromatic rings. The first-order chi connectivity index (χ1) is 26.7. The summed E-state index contributed by atoms with van der Waals surface area (Å²) in [7, 11) is 0. The van der Waals surface area contributed by atoms with Gasteiger partial charge in [0.1, 0.15) is 0 Å². The molecule has 0 spiro atoms. The predicted octanol–water partition coefficient (Wildman–Crippen LogP) is 12.3. The van der Waals surface area contributed by atoms with Crippen LogP contribution < -0.4 is 0 Å². The Labute approximate surface area is 317 Å². The van der Waals surface area contributed by atoms with Crippen molar-refractivity contribution in [2.24, 2.45) is 9.98 Å². The summed E-state index contributed by atoms with van der Waals surface area (Å²) in [6, 6.07) is 58.6. The molecule has 0 unspecified atom stereocenters. The van der Waals surface area contributed by atoms with E-state index >= 15 is 0 Å². The predicted molar refractivity (Wildman–Crippen MR) is 225 cm³/mol. The van der Waals surface area contributed by atoms with E-state index in [1.54, 1.807) is 0 Å². The number of amidine groups is 1. The zero-order valence-electron chi connectivity index (χ0n) is 29.8. The SMILES string of the molecule is C1=CC=C(C(N=Cc2ccccc2)=NCc2cccc(-c3cccc(-c4nc(-c5ccccc5)cc(-c5cccc(-c6ccccc6)c5)n4)c3)c2)CC=C1. The van der Waals surface area contributed by atoms with Gasteiger partial charge in [-0.15, -0.1) is 0 Å². The third kappa shape index (κ3) is 8.36. The summed E-state index contributed by atoms with van der Waals surface area (Å²) in [5, 5.41) is 0. The van der Waals surface area contributed by atoms with Gasteiger partial charge in [-0.25, -0.2) is 15.0 Å². The Morgan fingerprint density at radius 2 is 1.07 bits per heavy atom. The zero-order chi connectivity index (χ0) is 36.4. The molecule has 0 aliphatic heterocycles. The van der Waals surface area contributed by atoms with E-state index in [9.17, 15) is 0 Å². The molecule has 1 heterocycles. The summed E-state index contributed by atoms with van der Waals surface area (Å²) in [5.74, 6) is 1.42. The number of hydrogen-bond acceptors (Lipinski definition) is 3. The second-order valence-electron chi connectivity index (χ2n) is 13.1. The second kappa shape index (κ2) is 16.5. The first kappa shape index (κ1) is 34.1. The highest BCUT2D eigenvalue weighted by Gasteiger charge is 2.13. The van der Waals surface area contributed by atoms with Gasteiger partial charge >= 0.3 is 0 Å². The highest BCUT2D eigenvalue weighted by molar-refractivity contribution is 6.05. The molecule has 258 valence electrons. The van der Waals surface area contributed by atoms with E-state index in [0.717, 1.165) is 73.7 Å². The second-order valence-corrected chi connectivity index (χ2v) is 13.1. The Hall–Kier alpha value is -7.04. The third-order valence-corrected chi connectivity index (χ3v) is 9.27. The summed E-state index contributed by atoms with van der Waals surface area (Å²) >= 11 is 0. The van der Waals surface area contributed by atoms with Crippen LogP contribution >= 0.6 is 0 Å². The largest absolute Gasteiger partial charge is 0.262 e. The van der Waals surface area contributed by atoms with Crippen LogP contribution in [0.25, 0.3) is 56.2 Å². The molecular formula is C50H38N4. The molecule has 4 heteroatoms. The average molecular weight is 695 g/mol. The molecule has 1 aliphatic carbocycles. The first-order valence-corrected chi connectivity index (χ1v) is 18.2. The fraction of sp³-hybridized carbons (Fsp3) is 0.0400. The lowest BCUT2D eigenvalue weighted by Crippen LogP contribution is -2.01. The zero-order valence-corrected chi connectivity index (χ0v) is 29.8. The van der Waals surface area contributed by atoms with Crippen LogP contribution in [0, 0.1) is 0 Å². The van der Waals surface area contributed by atoms with E-state index in [-0.39, 0.29) is 0 Å². The Morgan fingerprint density at radius 1 is 0.500 bits per heavy atom. The summed E-state index contributed by atoms with van der Waals surface area (Å²) in [5.41, 5.74) is 12.5. The molecule has 54 heavy (non-hydrogen) atoms. The molecule has 4 nitrogen and oxygen atoms in total. The van der Waals surface area contributed by atoms with Crippen LogP contribution in [0.1, 0.15) is 17.5 Å². The maximum absolute atomic E-state index is 5.17. The van der Waals surface area contributed by atoms with Gasteiger partial charge < -0.3 is 0 Å². The molecule has 0 amide bonds. The Kier molecular flexibility index (Phi) is 10.4. The van der Waals surface area contributed by atoms with Gasteiger partial charge in [-0.1, -0.05) is 176 Å². The van der Waals surface area contributed by atoms with Crippen molar-refractivity contribution in [1.29, 1.82) is 0 Å². The Morgan fingerprint density at radius 3 is 1.83 bits per heavy atom. The quantitative estimate of drug-likeness (QED) is 0.112. The molecule has 0 bridgehead atoms. The van der Waals surface area contributed by atoms with Gasteiger partial charge in [0.2, 0.25) is 0 Å². The van der Waals surface area contributed by atoms with E-state index in [4.69, 9.17) is 20.0 Å². The normalized spacial score (nSPS) is 12.8. The van der Waals surface area contributed by atoms with Crippen molar-refractivity contribution >= 4 is 12.1 Å². The van der Waals surface area contributed by atoms with Gasteiger partial charge in [0.15, 0.2) is 11.7 Å². The maximum Gasteiger partial charge on any atom is 0.160 e. The van der Waals surface area contributed by atoms with Crippen LogP contribution in [0.15, 0.2) is 216 Å². The molecular weight excluding hydrogens is 657 g/mol. The number of benzene rings is 6. The molecule has 0 radical (unpaired) electrons. The molecule has 0 N–H and O–H groups in total. The average Bonchev–Trinajstić information content (AvgIpc) is 3.55. The third-order valence-electron chi connectivity index (χ3n) is 9.27. The maximum atomic E-state index is 5.17. The van der Waals surface area contributed by atoms with Crippen molar-refractivity contribution in [1.82, 2.24) is 9.97 Å². The molecule has 1 aromatic heterocycles. The lowest BCUT2D eigenvalue weighted by molar-refractivity contribution is 1.06. The number of rotatable bonds is 9. The summed E-state index contributed by atoms with van der Waals surface area (Å²) in [6.07, 6.45) is 13.1. The van der Waals surface area contributed by atoms with E-state index in [0.29, 0.717) is 12.4 Å². The van der Waals surface area contributed by atoms with Gasteiger partial charge in [0.05, 0.1) is 17.9 Å². The standard InChI is InChI=1S/C50H38N4/c1-2-9-25-41(24-8-1)49(51-35-37-17-6-3-7-18-37)52-36-38-19-14-26-42(31-38)44-28-16-30-46(33-44)50-53-47(40-22-12-5-13-23-40)34-48(54-50)45-29-15-27-43(32-45)39-20-10-4-11-21-39/h1-24,26-35H,25,36H2. The molecule has 6 aromatic carbocycles. The van der Waals surface area contributed by atoms with Crippen molar-refractivity contribution in [3.8, 4) is 56.2 Å². The number of nitrogens with zero attached hydrogens (tertiary/aromatic N) is 4. The summed E-state index contributed by atoms with van der Waals surface area (Å²) in [4.78, 5) is 20.2. The molecule has 0 atom stereocenters. The minimum Gasteiger partial charge on any atom is -0.262 e. The first-order valence-electron chi connectivity index (χ1n) is 18.2. The van der Waals surface area contributed by atoms with Crippen LogP contribution in [0.5, 0.6) is 0 Å². The van der Waals surface area contributed by atoms with Gasteiger partial charge in [-0.2, -0.15) is 0 Å². The molecule has 0 fully saturated rings. The van der Waals surface area contributed by atoms with Crippen molar-refractivity contribution in [2.75, 3.05) is 0 Å². The minimum atomic E-state index is 0.507. The number of hydrogen-bond donors (Lipinski definition) is 0. The van der Waals surface area contributed by atoms with Crippen LogP contribution in [0.3, 0.4) is 0 Å². The Bertz CT molecular complexity index is 2530. The Balaban J connectivity index is 1.12. The van der Waals surface area contributed by atoms with E-state index in [1.807, 2.05) is 73.0 Å². The van der Waals surface area contributed by atoms with Crippen molar-refractivity contribution in [3.63, 3.8) is 0 Å². The van der Waals surface area contributed by atoms with Gasteiger partial charge in [0, 0.05) is 28.5 Å². The fourth-order valence-electron chi connectivity index (χ4n) is 6.47. The number of aromatic nitrogens is 2. The van der Waals surface area contributed by atoms with Crippen LogP contribution in [0.4, 0.5) is 0 Å². The number of allylic oxidation sites excluding steroid dienone is 5. The molecule has 0 saturated carbocycles. The van der Waals surface area contributed by atoms with Gasteiger partial charge in [-0.05, 0) is 64.1 Å². The summed E-state index contributed by atoms with van der Waals surface area (Å²) in [6.45, 7) is 0.507. The van der Waals surface area contributed by atoms with Crippen molar-refractivity contribution < 1.29 is 0 Å². The lowest BCUT2D eigenvalue weighted by Gasteiger charge is -2.12. The van der Waals surface area contributed by atoms with Crippen LogP contribution in [0.2, 0.25) is 0 Å². The van der Waals surface area contributed by atoms with Crippen molar-refractivity contribution in [3.05, 3.63) is 217 Å². The van der Waals surface area contributed by atoms with Gasteiger partial charge in [-0.3, -0.25) is 4.99 Å². The molecule has 1 aliphatic rings. The highest BCUT2D eigenvalue weighted by Crippen LogP contribution is 2.32. The van der Waals surface area contributed by atoms with Crippen molar-refractivity contribution in [2.45, 2.75) is 13.0 Å².